The number of hydrogen-bond acceptors (Lipinski definition) is 6. The molecule has 0 aliphatic rings. The number of thioether (sulfide) groups is 1. The largest absolute Gasteiger partial charge is 0.508 e. The van der Waals surface area contributed by atoms with Crippen LogP contribution in [0, 0.1) is 0 Å². The van der Waals surface area contributed by atoms with Gasteiger partial charge in [-0.2, -0.15) is 0 Å². The first kappa shape index (κ1) is 15.6. The van der Waals surface area contributed by atoms with Gasteiger partial charge in [-0.1, -0.05) is 42.1 Å². The molecule has 0 saturated carbocycles. The molecule has 0 fully saturated rings. The van der Waals surface area contributed by atoms with Crippen molar-refractivity contribution in [3.8, 4) is 22.8 Å². The molecule has 3 aromatic rings. The van der Waals surface area contributed by atoms with E-state index < -0.39 is 0 Å². The summed E-state index contributed by atoms with van der Waals surface area (Å²) in [5.41, 5.74) is 2.13. The molecule has 3 rings (SSSR count). The van der Waals surface area contributed by atoms with E-state index in [1.54, 1.807) is 0 Å². The average Bonchev–Trinajstić information content (AvgIpc) is 3.02. The van der Waals surface area contributed by atoms with Gasteiger partial charge in [-0.15, -0.1) is 11.3 Å². The van der Waals surface area contributed by atoms with Gasteiger partial charge in [0, 0.05) is 17.0 Å². The van der Waals surface area contributed by atoms with E-state index in [0.717, 1.165) is 21.7 Å². The zero-order valence-corrected chi connectivity index (χ0v) is 13.6. The Morgan fingerprint density at radius 3 is 2.65 bits per heavy atom. The smallest absolute Gasteiger partial charge is 0.176 e. The van der Waals surface area contributed by atoms with Crippen molar-refractivity contribution >= 4 is 28.9 Å². The molecule has 0 aliphatic heterocycles. The van der Waals surface area contributed by atoms with Gasteiger partial charge < -0.3 is 10.2 Å². The van der Waals surface area contributed by atoms with E-state index in [4.69, 9.17) is 0 Å². The predicted octanol–water partition coefficient (Wildman–Crippen LogP) is 4.20. The van der Waals surface area contributed by atoms with Crippen LogP contribution in [0.4, 0.5) is 0 Å². The lowest BCUT2D eigenvalue weighted by Gasteiger charge is -2.03. The summed E-state index contributed by atoms with van der Waals surface area (Å²) in [5, 5.41) is 20.9. The summed E-state index contributed by atoms with van der Waals surface area (Å²) in [6.07, 6.45) is 0. The van der Waals surface area contributed by atoms with Crippen molar-refractivity contribution in [2.24, 2.45) is 0 Å². The summed E-state index contributed by atoms with van der Waals surface area (Å²) in [6, 6.07) is 13.8. The van der Waals surface area contributed by atoms with Crippen molar-refractivity contribution in [2.45, 2.75) is 4.34 Å². The van der Waals surface area contributed by atoms with Gasteiger partial charge in [0.25, 0.3) is 0 Å². The maximum Gasteiger partial charge on any atom is 0.176 e. The molecule has 0 aliphatic carbocycles. The topological polar surface area (TPSA) is 70.4 Å². The molecular formula is C17H13NO3S2. The van der Waals surface area contributed by atoms with Crippen molar-refractivity contribution in [1.82, 2.24) is 4.98 Å². The molecule has 1 heterocycles. The van der Waals surface area contributed by atoms with Gasteiger partial charge >= 0.3 is 0 Å². The first-order valence-electron chi connectivity index (χ1n) is 6.82. The molecule has 0 bridgehead atoms. The van der Waals surface area contributed by atoms with Crippen molar-refractivity contribution in [3.05, 3.63) is 59.5 Å². The van der Waals surface area contributed by atoms with E-state index in [1.165, 1.54) is 35.2 Å². The third kappa shape index (κ3) is 3.72. The Labute approximate surface area is 141 Å². The van der Waals surface area contributed by atoms with E-state index in [2.05, 4.69) is 4.98 Å². The molecule has 0 atom stereocenters. The van der Waals surface area contributed by atoms with E-state index in [9.17, 15) is 15.0 Å². The van der Waals surface area contributed by atoms with Crippen LogP contribution in [0.2, 0.25) is 0 Å². The van der Waals surface area contributed by atoms with Crippen LogP contribution in [0.1, 0.15) is 10.4 Å². The number of aromatic hydroxyl groups is 2. The molecule has 0 spiro atoms. The molecule has 2 N–H and O–H groups in total. The van der Waals surface area contributed by atoms with E-state index in [0.29, 0.717) is 0 Å². The highest BCUT2D eigenvalue weighted by atomic mass is 32.2. The van der Waals surface area contributed by atoms with Gasteiger partial charge in [0.2, 0.25) is 0 Å². The summed E-state index contributed by atoms with van der Waals surface area (Å²) in [4.78, 5) is 16.7. The Bertz CT molecular complexity index is 831. The van der Waals surface area contributed by atoms with Gasteiger partial charge in [0.05, 0.1) is 17.0 Å². The number of phenols is 2. The normalized spacial score (nSPS) is 10.6. The molecule has 0 radical (unpaired) electrons. The number of Topliss-reactive ketones (excluding diaryl/α,β-unsaturated/α-hetero) is 1. The SMILES string of the molecule is O=C(CSc1nc(-c2ccccc2)cs1)c1ccc(O)cc1O. The Morgan fingerprint density at radius 2 is 1.91 bits per heavy atom. The van der Waals surface area contributed by atoms with Gasteiger partial charge in [-0.05, 0) is 12.1 Å². The molecule has 0 amide bonds. The highest BCUT2D eigenvalue weighted by Crippen LogP contribution is 2.30. The molecular weight excluding hydrogens is 330 g/mol. The number of hydrogen-bond donors (Lipinski definition) is 2. The van der Waals surface area contributed by atoms with Crippen LogP contribution in [0.15, 0.2) is 58.3 Å². The van der Waals surface area contributed by atoms with E-state index in [-0.39, 0.29) is 28.6 Å². The minimum Gasteiger partial charge on any atom is -0.508 e. The summed E-state index contributed by atoms with van der Waals surface area (Å²) in [5.74, 6) is -0.303. The average molecular weight is 343 g/mol. The van der Waals surface area contributed by atoms with Gasteiger partial charge in [0.1, 0.15) is 11.5 Å². The van der Waals surface area contributed by atoms with Crippen LogP contribution in [0.5, 0.6) is 11.5 Å². The fourth-order valence-corrected chi connectivity index (χ4v) is 3.74. The molecule has 6 heteroatoms. The van der Waals surface area contributed by atoms with Gasteiger partial charge in [-0.3, -0.25) is 4.79 Å². The second kappa shape index (κ2) is 6.85. The number of aromatic nitrogens is 1. The predicted molar refractivity (Wildman–Crippen MR) is 92.4 cm³/mol. The zero-order valence-electron chi connectivity index (χ0n) is 12.0. The Kier molecular flexibility index (Phi) is 4.64. The lowest BCUT2D eigenvalue weighted by molar-refractivity contribution is 0.102. The minimum atomic E-state index is -0.209. The molecule has 1 aromatic heterocycles. The summed E-state index contributed by atoms with van der Waals surface area (Å²) < 4.78 is 0.801. The second-order valence-electron chi connectivity index (χ2n) is 4.78. The van der Waals surface area contributed by atoms with Crippen molar-refractivity contribution in [2.75, 3.05) is 5.75 Å². The van der Waals surface area contributed by atoms with Crippen LogP contribution in [-0.2, 0) is 0 Å². The lowest BCUT2D eigenvalue weighted by Crippen LogP contribution is -2.02. The molecule has 2 aromatic carbocycles. The van der Waals surface area contributed by atoms with Crippen LogP contribution in [-0.4, -0.2) is 26.7 Å². The number of phenolic OH excluding ortho intramolecular Hbond substituents is 2. The fraction of sp³-hybridized carbons (Fsp3) is 0.0588. The lowest BCUT2D eigenvalue weighted by atomic mass is 10.1. The number of ketones is 1. The molecule has 0 unspecified atom stereocenters. The summed E-state index contributed by atoms with van der Waals surface area (Å²) in [6.45, 7) is 0. The summed E-state index contributed by atoms with van der Waals surface area (Å²) >= 11 is 2.82. The van der Waals surface area contributed by atoms with Crippen LogP contribution in [0.25, 0.3) is 11.3 Å². The Hall–Kier alpha value is -2.31. The number of carbonyl (C=O) groups excluding carboxylic acids is 1. The standard InChI is InChI=1S/C17H13NO3S2/c19-12-6-7-13(15(20)8-12)16(21)10-23-17-18-14(9-22-17)11-4-2-1-3-5-11/h1-9,19-20H,10H2. The van der Waals surface area contributed by atoms with Crippen LogP contribution >= 0.6 is 23.1 Å². The van der Waals surface area contributed by atoms with E-state index in [1.807, 2.05) is 35.7 Å². The van der Waals surface area contributed by atoms with Crippen LogP contribution < -0.4 is 0 Å². The number of carbonyl (C=O) groups is 1. The monoisotopic (exact) mass is 343 g/mol. The van der Waals surface area contributed by atoms with E-state index >= 15 is 0 Å². The Balaban J connectivity index is 1.67. The minimum absolute atomic E-state index is 0.0703. The quantitative estimate of drug-likeness (QED) is 0.537. The molecule has 0 saturated heterocycles. The summed E-state index contributed by atoms with van der Waals surface area (Å²) in [7, 11) is 0. The molecule has 23 heavy (non-hydrogen) atoms. The van der Waals surface area contributed by atoms with Crippen molar-refractivity contribution in [1.29, 1.82) is 0 Å². The number of thiazole rings is 1. The highest BCUT2D eigenvalue weighted by molar-refractivity contribution is 8.01. The maximum atomic E-state index is 12.1. The van der Waals surface area contributed by atoms with Gasteiger partial charge in [0.15, 0.2) is 10.1 Å². The number of rotatable bonds is 5. The highest BCUT2D eigenvalue weighted by Gasteiger charge is 2.13. The first-order chi connectivity index (χ1) is 11.1. The van der Waals surface area contributed by atoms with Crippen molar-refractivity contribution < 1.29 is 15.0 Å². The Morgan fingerprint density at radius 1 is 1.13 bits per heavy atom. The third-order valence-corrected chi connectivity index (χ3v) is 5.18. The fourth-order valence-electron chi connectivity index (χ4n) is 2.03. The molecule has 116 valence electrons. The first-order valence-corrected chi connectivity index (χ1v) is 8.69. The maximum absolute atomic E-state index is 12.1. The molecule has 4 nitrogen and oxygen atoms in total. The second-order valence-corrected chi connectivity index (χ2v) is 6.86. The van der Waals surface area contributed by atoms with Crippen LogP contribution in [0.3, 0.4) is 0 Å². The number of nitrogens with zero attached hydrogens (tertiary/aromatic N) is 1. The van der Waals surface area contributed by atoms with Crippen molar-refractivity contribution in [3.63, 3.8) is 0 Å². The van der Waals surface area contributed by atoms with Gasteiger partial charge in [-0.25, -0.2) is 4.98 Å². The zero-order chi connectivity index (χ0) is 16.2. The third-order valence-electron chi connectivity index (χ3n) is 3.16. The number of benzene rings is 2.